The van der Waals surface area contributed by atoms with Gasteiger partial charge in [0.2, 0.25) is 11.1 Å². The van der Waals surface area contributed by atoms with Crippen molar-refractivity contribution in [2.75, 3.05) is 24.0 Å². The van der Waals surface area contributed by atoms with E-state index in [0.29, 0.717) is 28.1 Å². The van der Waals surface area contributed by atoms with Crippen molar-refractivity contribution in [3.63, 3.8) is 0 Å². The molecule has 33 heavy (non-hydrogen) atoms. The average molecular weight is 464 g/mol. The SMILES string of the molecule is COc1cc2c(cc1NC(=O)CSc1nnc(-n3nc(C)cc3C)n1N)oc1ccccc12. The van der Waals surface area contributed by atoms with Crippen LogP contribution < -0.4 is 15.9 Å². The van der Waals surface area contributed by atoms with E-state index in [9.17, 15) is 4.79 Å². The summed E-state index contributed by atoms with van der Waals surface area (Å²) in [5, 5.41) is 17.7. The monoisotopic (exact) mass is 463 g/mol. The molecule has 0 unspecified atom stereocenters. The van der Waals surface area contributed by atoms with E-state index in [4.69, 9.17) is 15.0 Å². The van der Waals surface area contributed by atoms with Gasteiger partial charge in [-0.1, -0.05) is 30.0 Å². The number of carbonyl (C=O) groups is 1. The molecule has 3 heterocycles. The van der Waals surface area contributed by atoms with Crippen LogP contribution in [0.2, 0.25) is 0 Å². The van der Waals surface area contributed by atoms with Crippen molar-refractivity contribution in [2.45, 2.75) is 19.0 Å². The maximum absolute atomic E-state index is 12.7. The molecule has 11 heteroatoms. The topological polar surface area (TPSA) is 126 Å². The van der Waals surface area contributed by atoms with Gasteiger partial charge in [-0.25, -0.2) is 9.36 Å². The van der Waals surface area contributed by atoms with Gasteiger partial charge in [-0.15, -0.1) is 10.2 Å². The molecule has 2 aromatic carbocycles. The number of fused-ring (bicyclic) bond motifs is 3. The number of anilines is 1. The Kier molecular flexibility index (Phi) is 5.17. The first-order chi connectivity index (χ1) is 15.9. The number of thioether (sulfide) groups is 1. The minimum Gasteiger partial charge on any atom is -0.495 e. The summed E-state index contributed by atoms with van der Waals surface area (Å²) in [7, 11) is 1.56. The Bertz CT molecular complexity index is 1500. The first-order valence-electron chi connectivity index (χ1n) is 10.1. The summed E-state index contributed by atoms with van der Waals surface area (Å²) in [6.45, 7) is 3.79. The van der Waals surface area contributed by atoms with Crippen molar-refractivity contribution in [3.8, 4) is 11.7 Å². The number of para-hydroxylation sites is 1. The van der Waals surface area contributed by atoms with E-state index in [2.05, 4.69) is 20.6 Å². The zero-order chi connectivity index (χ0) is 23.1. The number of amides is 1. The van der Waals surface area contributed by atoms with Gasteiger partial charge < -0.3 is 20.3 Å². The van der Waals surface area contributed by atoms with E-state index in [0.717, 1.165) is 27.7 Å². The number of furan rings is 1. The highest BCUT2D eigenvalue weighted by Crippen LogP contribution is 2.36. The van der Waals surface area contributed by atoms with Gasteiger partial charge in [0.1, 0.15) is 16.9 Å². The second-order valence-electron chi connectivity index (χ2n) is 7.48. The molecule has 5 aromatic rings. The lowest BCUT2D eigenvalue weighted by molar-refractivity contribution is -0.113. The molecule has 0 atom stereocenters. The van der Waals surface area contributed by atoms with Crippen molar-refractivity contribution < 1.29 is 13.9 Å². The first kappa shape index (κ1) is 20.9. The van der Waals surface area contributed by atoms with E-state index in [1.165, 1.54) is 16.4 Å². The largest absolute Gasteiger partial charge is 0.495 e. The molecule has 5 rings (SSSR count). The molecule has 168 valence electrons. The molecule has 3 N–H and O–H groups in total. The molecule has 0 aliphatic carbocycles. The lowest BCUT2D eigenvalue weighted by Crippen LogP contribution is -2.19. The molecule has 0 aliphatic heterocycles. The fraction of sp³-hybridized carbons (Fsp3) is 0.182. The Morgan fingerprint density at radius 2 is 1.97 bits per heavy atom. The van der Waals surface area contributed by atoms with Crippen LogP contribution in [0.5, 0.6) is 5.75 Å². The van der Waals surface area contributed by atoms with Crippen LogP contribution in [0.25, 0.3) is 27.9 Å². The summed E-state index contributed by atoms with van der Waals surface area (Å²) >= 11 is 1.17. The van der Waals surface area contributed by atoms with Crippen LogP contribution in [0.3, 0.4) is 0 Å². The van der Waals surface area contributed by atoms with Crippen molar-refractivity contribution in [3.05, 3.63) is 53.9 Å². The molecule has 3 aromatic heterocycles. The first-order valence-corrected chi connectivity index (χ1v) is 11.1. The summed E-state index contributed by atoms with van der Waals surface area (Å²) in [6, 6.07) is 13.3. The van der Waals surface area contributed by atoms with Gasteiger partial charge in [-0.3, -0.25) is 4.79 Å². The van der Waals surface area contributed by atoms with Gasteiger partial charge in [0.25, 0.3) is 5.95 Å². The Morgan fingerprint density at radius 1 is 1.15 bits per heavy atom. The van der Waals surface area contributed by atoms with Gasteiger partial charge in [0.05, 0.1) is 24.2 Å². The van der Waals surface area contributed by atoms with Crippen molar-refractivity contribution in [2.24, 2.45) is 0 Å². The van der Waals surface area contributed by atoms with Crippen molar-refractivity contribution in [1.29, 1.82) is 0 Å². The number of nitrogens with one attached hydrogen (secondary N) is 1. The van der Waals surface area contributed by atoms with Crippen LogP contribution in [-0.2, 0) is 4.79 Å². The lowest BCUT2D eigenvalue weighted by atomic mass is 10.1. The number of aryl methyl sites for hydroxylation is 2. The number of nitrogen functional groups attached to an aromatic ring is 1. The third kappa shape index (κ3) is 3.76. The van der Waals surface area contributed by atoms with E-state index in [1.54, 1.807) is 17.9 Å². The number of aromatic nitrogens is 5. The van der Waals surface area contributed by atoms with Crippen LogP contribution >= 0.6 is 11.8 Å². The number of ether oxygens (including phenoxy) is 1. The van der Waals surface area contributed by atoms with E-state index in [-0.39, 0.29) is 11.7 Å². The van der Waals surface area contributed by atoms with Crippen molar-refractivity contribution >= 4 is 45.3 Å². The number of carbonyl (C=O) groups excluding carboxylic acids is 1. The normalized spacial score (nSPS) is 11.4. The molecular formula is C22H21N7O3S. The molecule has 1 amide bonds. The second-order valence-corrected chi connectivity index (χ2v) is 8.42. The fourth-order valence-electron chi connectivity index (χ4n) is 3.68. The molecule has 0 spiro atoms. The summed E-state index contributed by atoms with van der Waals surface area (Å²) in [6.07, 6.45) is 0. The number of methoxy groups -OCH3 is 1. The smallest absolute Gasteiger partial charge is 0.271 e. The summed E-state index contributed by atoms with van der Waals surface area (Å²) in [5.41, 5.74) is 3.69. The Balaban J connectivity index is 1.33. The van der Waals surface area contributed by atoms with Gasteiger partial charge >= 0.3 is 0 Å². The van der Waals surface area contributed by atoms with Crippen LogP contribution in [0.4, 0.5) is 5.69 Å². The minimum absolute atomic E-state index is 0.0772. The second kappa shape index (κ2) is 8.17. The summed E-state index contributed by atoms with van der Waals surface area (Å²) < 4.78 is 14.3. The number of hydrogen-bond donors (Lipinski definition) is 2. The number of nitrogens with zero attached hydrogens (tertiary/aromatic N) is 5. The quantitative estimate of drug-likeness (QED) is 0.290. The highest BCUT2D eigenvalue weighted by atomic mass is 32.2. The number of benzene rings is 2. The predicted octanol–water partition coefficient (Wildman–Crippen LogP) is 3.43. The molecule has 0 bridgehead atoms. The lowest BCUT2D eigenvalue weighted by Gasteiger charge is -2.10. The highest BCUT2D eigenvalue weighted by molar-refractivity contribution is 7.99. The van der Waals surface area contributed by atoms with E-state index < -0.39 is 0 Å². The number of nitrogens with two attached hydrogens (primary N) is 1. The maximum Gasteiger partial charge on any atom is 0.271 e. The number of hydrogen-bond acceptors (Lipinski definition) is 8. The average Bonchev–Trinajstić information content (AvgIpc) is 3.45. The van der Waals surface area contributed by atoms with Crippen molar-refractivity contribution in [1.82, 2.24) is 24.7 Å². The Labute approximate surface area is 192 Å². The Morgan fingerprint density at radius 3 is 2.73 bits per heavy atom. The van der Waals surface area contributed by atoms with Gasteiger partial charge in [0.15, 0.2) is 0 Å². The number of rotatable bonds is 6. The van der Waals surface area contributed by atoms with Crippen LogP contribution in [0, 0.1) is 13.8 Å². The summed E-state index contributed by atoms with van der Waals surface area (Å²) in [5.74, 6) is 6.89. The maximum atomic E-state index is 12.7. The third-order valence-electron chi connectivity index (χ3n) is 5.15. The molecule has 0 fully saturated rings. The van der Waals surface area contributed by atoms with E-state index in [1.807, 2.05) is 50.2 Å². The summed E-state index contributed by atoms with van der Waals surface area (Å²) in [4.78, 5) is 12.7. The standard InChI is InChI=1S/C22H21N7O3S/c1-12-8-13(2)29(27-12)21-25-26-22(28(21)23)33-11-20(30)24-16-10-18-15(9-19(16)31-3)14-6-4-5-7-17(14)32-18/h4-10H,11,23H2,1-3H3,(H,24,30). The highest BCUT2D eigenvalue weighted by Gasteiger charge is 2.18. The molecule has 0 radical (unpaired) electrons. The van der Waals surface area contributed by atoms with E-state index >= 15 is 0 Å². The third-order valence-corrected chi connectivity index (χ3v) is 6.09. The molecule has 0 aliphatic rings. The Hall–Kier alpha value is -3.99. The van der Waals surface area contributed by atoms with Crippen LogP contribution in [0.15, 0.2) is 52.0 Å². The predicted molar refractivity (Wildman–Crippen MR) is 126 cm³/mol. The molecular weight excluding hydrogens is 442 g/mol. The molecule has 10 nitrogen and oxygen atoms in total. The van der Waals surface area contributed by atoms with Gasteiger partial charge in [0, 0.05) is 22.5 Å². The molecule has 0 saturated heterocycles. The van der Waals surface area contributed by atoms with Gasteiger partial charge in [-0.05, 0) is 32.0 Å². The minimum atomic E-state index is -0.246. The van der Waals surface area contributed by atoms with Crippen LogP contribution in [0.1, 0.15) is 11.4 Å². The zero-order valence-corrected chi connectivity index (χ0v) is 19.0. The van der Waals surface area contributed by atoms with Gasteiger partial charge in [-0.2, -0.15) is 5.10 Å². The zero-order valence-electron chi connectivity index (χ0n) is 18.2. The van der Waals surface area contributed by atoms with Crippen LogP contribution in [-0.4, -0.2) is 43.4 Å². The fourth-order valence-corrected chi connectivity index (χ4v) is 4.33. The molecule has 0 saturated carbocycles.